The van der Waals surface area contributed by atoms with E-state index < -0.39 is 0 Å². The van der Waals surface area contributed by atoms with E-state index in [9.17, 15) is 10.2 Å². The summed E-state index contributed by atoms with van der Waals surface area (Å²) in [7, 11) is 0. The van der Waals surface area contributed by atoms with Gasteiger partial charge in [0.05, 0.1) is 0 Å². The molecule has 17 heavy (non-hydrogen) atoms. The number of nitrogens with one attached hydrogen (secondary N) is 1. The highest BCUT2D eigenvalue weighted by atomic mass is 16.3. The minimum Gasteiger partial charge on any atom is -0.504 e. The monoisotopic (exact) mass is 235 g/mol. The van der Waals surface area contributed by atoms with Crippen LogP contribution < -0.4 is 5.32 Å². The van der Waals surface area contributed by atoms with Crippen LogP contribution in [0.5, 0.6) is 11.5 Å². The minimum absolute atomic E-state index is 0.0416. The second-order valence-electron chi connectivity index (χ2n) is 4.94. The quantitative estimate of drug-likeness (QED) is 0.543. The molecule has 0 atom stereocenters. The first-order chi connectivity index (χ1) is 8.25. The van der Waals surface area contributed by atoms with E-state index in [-0.39, 0.29) is 11.5 Å². The third-order valence-electron chi connectivity index (χ3n) is 3.57. The fourth-order valence-electron chi connectivity index (χ4n) is 2.52. The van der Waals surface area contributed by atoms with Crippen molar-refractivity contribution in [3.63, 3.8) is 0 Å². The van der Waals surface area contributed by atoms with Gasteiger partial charge in [-0.05, 0) is 36.6 Å². The lowest BCUT2D eigenvalue weighted by Crippen LogP contribution is -2.16. The van der Waals surface area contributed by atoms with Gasteiger partial charge >= 0.3 is 0 Å². The molecule has 0 amide bonds. The highest BCUT2D eigenvalue weighted by Crippen LogP contribution is 2.27. The summed E-state index contributed by atoms with van der Waals surface area (Å²) < 4.78 is 0. The summed E-state index contributed by atoms with van der Waals surface area (Å²) in [5.74, 6) is 0.815. The normalized spacial score (nSPS) is 16.5. The molecule has 1 aliphatic rings. The molecule has 0 saturated heterocycles. The van der Waals surface area contributed by atoms with Crippen LogP contribution in [0.3, 0.4) is 0 Å². The third kappa shape index (κ3) is 3.63. The molecule has 0 bridgehead atoms. The van der Waals surface area contributed by atoms with Crippen molar-refractivity contribution >= 4 is 0 Å². The SMILES string of the molecule is Oc1ccc(CNCCC2CCCC2)cc1O. The van der Waals surface area contributed by atoms with Crippen LogP contribution in [0.25, 0.3) is 0 Å². The Hall–Kier alpha value is -1.22. The molecule has 0 spiro atoms. The van der Waals surface area contributed by atoms with Gasteiger partial charge in [-0.3, -0.25) is 0 Å². The van der Waals surface area contributed by atoms with E-state index in [4.69, 9.17) is 0 Å². The lowest BCUT2D eigenvalue weighted by molar-refractivity contribution is 0.402. The molecule has 3 N–H and O–H groups in total. The molecule has 0 radical (unpaired) electrons. The van der Waals surface area contributed by atoms with Crippen LogP contribution in [0, 0.1) is 5.92 Å². The molecule has 1 aromatic rings. The van der Waals surface area contributed by atoms with Crippen LogP contribution in [0.15, 0.2) is 18.2 Å². The van der Waals surface area contributed by atoms with Crippen molar-refractivity contribution in [2.45, 2.75) is 38.6 Å². The van der Waals surface area contributed by atoms with Crippen molar-refractivity contribution in [3.05, 3.63) is 23.8 Å². The Morgan fingerprint density at radius 1 is 1.12 bits per heavy atom. The Bertz CT molecular complexity index is 359. The van der Waals surface area contributed by atoms with Crippen molar-refractivity contribution in [1.82, 2.24) is 5.32 Å². The van der Waals surface area contributed by atoms with E-state index in [1.807, 2.05) is 6.07 Å². The third-order valence-corrected chi connectivity index (χ3v) is 3.57. The van der Waals surface area contributed by atoms with Crippen LogP contribution in [0.1, 0.15) is 37.7 Å². The second kappa shape index (κ2) is 5.92. The number of benzene rings is 1. The van der Waals surface area contributed by atoms with E-state index >= 15 is 0 Å². The molecule has 2 rings (SSSR count). The zero-order chi connectivity index (χ0) is 12.1. The van der Waals surface area contributed by atoms with Crippen molar-refractivity contribution in [1.29, 1.82) is 0 Å². The summed E-state index contributed by atoms with van der Waals surface area (Å²) in [6.45, 7) is 1.78. The molecule has 1 aliphatic carbocycles. The Morgan fingerprint density at radius 2 is 1.88 bits per heavy atom. The summed E-state index contributed by atoms with van der Waals surface area (Å²) in [5, 5.41) is 21.9. The first-order valence-corrected chi connectivity index (χ1v) is 6.47. The predicted molar refractivity (Wildman–Crippen MR) is 68.1 cm³/mol. The summed E-state index contributed by atoms with van der Waals surface area (Å²) in [6, 6.07) is 4.97. The zero-order valence-corrected chi connectivity index (χ0v) is 10.2. The van der Waals surface area contributed by atoms with Crippen molar-refractivity contribution in [2.24, 2.45) is 5.92 Å². The fraction of sp³-hybridized carbons (Fsp3) is 0.571. The molecule has 3 nitrogen and oxygen atoms in total. The largest absolute Gasteiger partial charge is 0.504 e. The van der Waals surface area contributed by atoms with Gasteiger partial charge in [-0.25, -0.2) is 0 Å². The highest BCUT2D eigenvalue weighted by molar-refractivity contribution is 5.40. The highest BCUT2D eigenvalue weighted by Gasteiger charge is 2.13. The number of phenols is 2. The summed E-state index contributed by atoms with van der Waals surface area (Å²) in [5.41, 5.74) is 1.01. The maximum absolute atomic E-state index is 9.35. The minimum atomic E-state index is -0.0558. The van der Waals surface area contributed by atoms with Gasteiger partial charge in [0.15, 0.2) is 11.5 Å². The topological polar surface area (TPSA) is 52.5 Å². The Kier molecular flexibility index (Phi) is 4.26. The predicted octanol–water partition coefficient (Wildman–Crippen LogP) is 2.77. The summed E-state index contributed by atoms with van der Waals surface area (Å²) in [4.78, 5) is 0. The Labute approximate surface area is 102 Å². The lowest BCUT2D eigenvalue weighted by atomic mass is 10.0. The summed E-state index contributed by atoms with van der Waals surface area (Å²) >= 11 is 0. The number of rotatable bonds is 5. The van der Waals surface area contributed by atoms with Gasteiger partial charge in [0.25, 0.3) is 0 Å². The maximum atomic E-state index is 9.35. The smallest absolute Gasteiger partial charge is 0.157 e. The molecule has 0 aromatic heterocycles. The average molecular weight is 235 g/mol. The number of hydrogen-bond donors (Lipinski definition) is 3. The van der Waals surface area contributed by atoms with Gasteiger partial charge < -0.3 is 15.5 Å². The van der Waals surface area contributed by atoms with Crippen molar-refractivity contribution in [3.8, 4) is 11.5 Å². The Morgan fingerprint density at radius 3 is 2.59 bits per heavy atom. The fourth-order valence-corrected chi connectivity index (χ4v) is 2.52. The van der Waals surface area contributed by atoms with E-state index in [2.05, 4.69) is 5.32 Å². The van der Waals surface area contributed by atoms with Crippen molar-refractivity contribution in [2.75, 3.05) is 6.54 Å². The van der Waals surface area contributed by atoms with Crippen LogP contribution >= 0.6 is 0 Å². The maximum Gasteiger partial charge on any atom is 0.157 e. The van der Waals surface area contributed by atoms with Gasteiger partial charge in [0, 0.05) is 6.54 Å². The molecular weight excluding hydrogens is 214 g/mol. The van der Waals surface area contributed by atoms with Gasteiger partial charge in [0.2, 0.25) is 0 Å². The molecule has 0 unspecified atom stereocenters. The molecular formula is C14H21NO2. The standard InChI is InChI=1S/C14H21NO2/c16-13-6-5-12(9-14(13)17)10-15-8-7-11-3-1-2-4-11/h5-6,9,11,15-17H,1-4,7-8,10H2. The van der Waals surface area contributed by atoms with Crippen LogP contribution in [0.2, 0.25) is 0 Å². The van der Waals surface area contributed by atoms with Gasteiger partial charge in [0.1, 0.15) is 0 Å². The molecule has 94 valence electrons. The van der Waals surface area contributed by atoms with Crippen LogP contribution in [-0.2, 0) is 6.54 Å². The molecule has 1 fully saturated rings. The van der Waals surface area contributed by atoms with Gasteiger partial charge in [-0.1, -0.05) is 31.7 Å². The van der Waals surface area contributed by atoms with Gasteiger partial charge in [-0.2, -0.15) is 0 Å². The van der Waals surface area contributed by atoms with E-state index in [0.717, 1.165) is 24.6 Å². The first kappa shape index (κ1) is 12.2. The molecule has 1 aromatic carbocycles. The van der Waals surface area contributed by atoms with E-state index in [1.165, 1.54) is 38.2 Å². The van der Waals surface area contributed by atoms with E-state index in [0.29, 0.717) is 0 Å². The van der Waals surface area contributed by atoms with Crippen LogP contribution in [-0.4, -0.2) is 16.8 Å². The average Bonchev–Trinajstić information content (AvgIpc) is 2.82. The molecule has 1 saturated carbocycles. The van der Waals surface area contributed by atoms with Gasteiger partial charge in [-0.15, -0.1) is 0 Å². The molecule has 0 heterocycles. The first-order valence-electron chi connectivity index (χ1n) is 6.47. The van der Waals surface area contributed by atoms with Crippen molar-refractivity contribution < 1.29 is 10.2 Å². The Balaban J connectivity index is 1.68. The molecule has 3 heteroatoms. The van der Waals surface area contributed by atoms with E-state index in [1.54, 1.807) is 6.07 Å². The number of hydrogen-bond acceptors (Lipinski definition) is 3. The van der Waals surface area contributed by atoms with Crippen LogP contribution in [0.4, 0.5) is 0 Å². The lowest BCUT2D eigenvalue weighted by Gasteiger charge is -2.10. The number of phenolic OH excluding ortho intramolecular Hbond substituents is 2. The summed E-state index contributed by atoms with van der Waals surface area (Å²) in [6.07, 6.45) is 6.83. The zero-order valence-electron chi connectivity index (χ0n) is 10.2. The second-order valence-corrected chi connectivity index (χ2v) is 4.94. The number of aromatic hydroxyl groups is 2. The molecule has 0 aliphatic heterocycles.